The van der Waals surface area contributed by atoms with Crippen LogP contribution in [0.4, 0.5) is 0 Å². The quantitative estimate of drug-likeness (QED) is 0.747. The molecule has 0 bridgehead atoms. The van der Waals surface area contributed by atoms with Gasteiger partial charge >= 0.3 is 5.97 Å². The highest BCUT2D eigenvalue weighted by Crippen LogP contribution is 2.11. The Morgan fingerprint density at radius 3 is 2.54 bits per heavy atom. The van der Waals surface area contributed by atoms with Gasteiger partial charge in [-0.1, -0.05) is 12.1 Å². The average Bonchev–Trinajstić information content (AvgIpc) is 2.15. The zero-order valence-corrected chi connectivity index (χ0v) is 7.54. The second-order valence-corrected chi connectivity index (χ2v) is 3.14. The Morgan fingerprint density at radius 1 is 1.46 bits per heavy atom. The molecule has 1 aromatic carbocycles. The van der Waals surface area contributed by atoms with Crippen LogP contribution in [-0.4, -0.2) is 11.1 Å². The fraction of sp³-hybridized carbons (Fsp3) is 0.111. The molecule has 0 aliphatic carbocycles. The van der Waals surface area contributed by atoms with E-state index in [2.05, 4.69) is 0 Å². The molecule has 1 N–H and O–H groups in total. The number of thiocyanates is 1. The van der Waals surface area contributed by atoms with E-state index in [-0.39, 0.29) is 5.56 Å². The van der Waals surface area contributed by atoms with Crippen molar-refractivity contribution in [1.82, 2.24) is 0 Å². The van der Waals surface area contributed by atoms with Crippen molar-refractivity contribution in [2.45, 2.75) is 5.75 Å². The Labute approximate surface area is 80.0 Å². The van der Waals surface area contributed by atoms with Crippen molar-refractivity contribution in [3.8, 4) is 5.40 Å². The van der Waals surface area contributed by atoms with Crippen LogP contribution < -0.4 is 0 Å². The molecule has 0 amide bonds. The van der Waals surface area contributed by atoms with Crippen LogP contribution in [0.2, 0.25) is 0 Å². The first-order chi connectivity index (χ1) is 6.24. The summed E-state index contributed by atoms with van der Waals surface area (Å²) in [6.07, 6.45) is 0. The summed E-state index contributed by atoms with van der Waals surface area (Å²) < 4.78 is 0. The van der Waals surface area contributed by atoms with Gasteiger partial charge in [-0.15, -0.1) is 0 Å². The van der Waals surface area contributed by atoms with Crippen LogP contribution in [0.3, 0.4) is 0 Å². The Morgan fingerprint density at radius 2 is 2.08 bits per heavy atom. The highest BCUT2D eigenvalue weighted by Gasteiger charge is 2.00. The third-order valence-corrected chi connectivity index (χ3v) is 2.11. The number of hydrogen-bond donors (Lipinski definition) is 1. The van der Waals surface area contributed by atoms with Gasteiger partial charge in [-0.25, -0.2) is 4.79 Å². The normalized spacial score (nSPS) is 9.15. The van der Waals surface area contributed by atoms with Gasteiger partial charge in [-0.05, 0) is 29.5 Å². The topological polar surface area (TPSA) is 61.1 Å². The molecule has 3 nitrogen and oxygen atoms in total. The first kappa shape index (κ1) is 9.62. The number of aromatic carboxylic acids is 1. The van der Waals surface area contributed by atoms with E-state index in [4.69, 9.17) is 10.4 Å². The number of nitriles is 1. The number of rotatable bonds is 3. The summed E-state index contributed by atoms with van der Waals surface area (Å²) in [6, 6.07) is 6.51. The number of carboxylic acid groups (broad SMARTS) is 1. The van der Waals surface area contributed by atoms with Crippen LogP contribution in [0.1, 0.15) is 15.9 Å². The maximum Gasteiger partial charge on any atom is 0.335 e. The fourth-order valence-corrected chi connectivity index (χ4v) is 1.28. The molecule has 4 heteroatoms. The van der Waals surface area contributed by atoms with Crippen molar-refractivity contribution in [3.05, 3.63) is 35.4 Å². The van der Waals surface area contributed by atoms with E-state index in [9.17, 15) is 4.79 Å². The van der Waals surface area contributed by atoms with Gasteiger partial charge < -0.3 is 5.11 Å². The van der Waals surface area contributed by atoms with E-state index in [0.29, 0.717) is 5.75 Å². The number of carbonyl (C=O) groups is 1. The molecule has 0 fully saturated rings. The van der Waals surface area contributed by atoms with Crippen LogP contribution in [0.15, 0.2) is 24.3 Å². The first-order valence-corrected chi connectivity index (χ1v) is 4.55. The molecule has 0 saturated heterocycles. The van der Waals surface area contributed by atoms with Gasteiger partial charge in [0, 0.05) is 5.75 Å². The van der Waals surface area contributed by atoms with Crippen LogP contribution in [0, 0.1) is 10.7 Å². The Kier molecular flexibility index (Phi) is 3.35. The van der Waals surface area contributed by atoms with Gasteiger partial charge in [0.15, 0.2) is 0 Å². The lowest BCUT2D eigenvalue weighted by Crippen LogP contribution is -1.95. The summed E-state index contributed by atoms with van der Waals surface area (Å²) in [5.74, 6) is -0.337. The summed E-state index contributed by atoms with van der Waals surface area (Å²) in [4.78, 5) is 10.5. The van der Waals surface area contributed by atoms with Crippen molar-refractivity contribution < 1.29 is 9.90 Å². The number of thioether (sulfide) groups is 1. The molecular formula is C9H7NO2S. The Hall–Kier alpha value is -1.47. The predicted octanol–water partition coefficient (Wildman–Crippen LogP) is 2.10. The largest absolute Gasteiger partial charge is 0.478 e. The van der Waals surface area contributed by atoms with Crippen LogP contribution >= 0.6 is 11.8 Å². The molecule has 0 spiro atoms. The minimum Gasteiger partial charge on any atom is -0.478 e. The molecule has 1 rings (SSSR count). The van der Waals surface area contributed by atoms with Crippen molar-refractivity contribution in [2.75, 3.05) is 0 Å². The number of hydrogen-bond acceptors (Lipinski definition) is 3. The average molecular weight is 193 g/mol. The van der Waals surface area contributed by atoms with Crippen LogP contribution in [-0.2, 0) is 5.75 Å². The van der Waals surface area contributed by atoms with Crippen molar-refractivity contribution in [2.24, 2.45) is 0 Å². The molecule has 0 radical (unpaired) electrons. The lowest BCUT2D eigenvalue weighted by molar-refractivity contribution is 0.0697. The highest BCUT2D eigenvalue weighted by molar-refractivity contribution is 8.02. The van der Waals surface area contributed by atoms with Crippen molar-refractivity contribution >= 4 is 17.7 Å². The zero-order valence-electron chi connectivity index (χ0n) is 6.73. The second kappa shape index (κ2) is 4.53. The summed E-state index contributed by atoms with van der Waals surface area (Å²) in [7, 11) is 0. The van der Waals surface area contributed by atoms with Crippen molar-refractivity contribution in [1.29, 1.82) is 5.26 Å². The molecular weight excluding hydrogens is 186 g/mol. The van der Waals surface area contributed by atoms with Gasteiger partial charge in [0.25, 0.3) is 0 Å². The summed E-state index contributed by atoms with van der Waals surface area (Å²) in [5, 5.41) is 18.8. The minimum absolute atomic E-state index is 0.269. The monoisotopic (exact) mass is 193 g/mol. The molecule has 66 valence electrons. The molecule has 0 aromatic heterocycles. The number of nitrogens with zero attached hydrogens (tertiary/aromatic N) is 1. The molecule has 0 unspecified atom stereocenters. The van der Waals surface area contributed by atoms with E-state index in [1.54, 1.807) is 12.1 Å². The Bertz CT molecular complexity index is 340. The molecule has 0 atom stereocenters. The molecule has 0 heterocycles. The molecule has 0 aliphatic rings. The zero-order chi connectivity index (χ0) is 9.68. The van der Waals surface area contributed by atoms with Crippen LogP contribution in [0.25, 0.3) is 0 Å². The highest BCUT2D eigenvalue weighted by atomic mass is 32.2. The lowest BCUT2D eigenvalue weighted by Gasteiger charge is -1.97. The van der Waals surface area contributed by atoms with Gasteiger partial charge in [-0.2, -0.15) is 5.26 Å². The van der Waals surface area contributed by atoms with Crippen LogP contribution in [0.5, 0.6) is 0 Å². The third-order valence-electron chi connectivity index (χ3n) is 1.50. The summed E-state index contributed by atoms with van der Waals surface area (Å²) >= 11 is 1.13. The summed E-state index contributed by atoms with van der Waals surface area (Å²) in [5.41, 5.74) is 1.22. The predicted molar refractivity (Wildman–Crippen MR) is 50.3 cm³/mol. The lowest BCUT2D eigenvalue weighted by atomic mass is 10.1. The third kappa shape index (κ3) is 2.80. The van der Waals surface area contributed by atoms with Crippen molar-refractivity contribution in [3.63, 3.8) is 0 Å². The van der Waals surface area contributed by atoms with E-state index in [0.717, 1.165) is 17.3 Å². The van der Waals surface area contributed by atoms with E-state index >= 15 is 0 Å². The number of carboxylic acids is 1. The maximum atomic E-state index is 10.5. The van der Waals surface area contributed by atoms with E-state index in [1.165, 1.54) is 12.1 Å². The smallest absolute Gasteiger partial charge is 0.335 e. The van der Waals surface area contributed by atoms with E-state index < -0.39 is 5.97 Å². The molecule has 13 heavy (non-hydrogen) atoms. The van der Waals surface area contributed by atoms with Gasteiger partial charge in [0.2, 0.25) is 0 Å². The van der Waals surface area contributed by atoms with E-state index in [1.807, 2.05) is 5.40 Å². The minimum atomic E-state index is -0.931. The summed E-state index contributed by atoms with van der Waals surface area (Å²) in [6.45, 7) is 0. The van der Waals surface area contributed by atoms with Gasteiger partial charge in [0.1, 0.15) is 5.40 Å². The molecule has 0 saturated carbocycles. The SMILES string of the molecule is N#CSCc1ccc(C(=O)O)cc1. The fourth-order valence-electron chi connectivity index (χ4n) is 0.859. The molecule has 0 aliphatic heterocycles. The van der Waals surface area contributed by atoms with Gasteiger partial charge in [-0.3, -0.25) is 0 Å². The maximum absolute atomic E-state index is 10.5. The Balaban J connectivity index is 2.71. The standard InChI is InChI=1S/C9H7NO2S/c10-6-13-5-7-1-3-8(4-2-7)9(11)12/h1-4H,5H2,(H,11,12). The second-order valence-electron chi connectivity index (χ2n) is 2.38. The number of benzene rings is 1. The first-order valence-electron chi connectivity index (χ1n) is 3.57. The van der Waals surface area contributed by atoms with Gasteiger partial charge in [0.05, 0.1) is 5.56 Å². The molecule has 1 aromatic rings.